The van der Waals surface area contributed by atoms with E-state index in [0.29, 0.717) is 23.8 Å². The van der Waals surface area contributed by atoms with Crippen LogP contribution in [0.1, 0.15) is 12.7 Å². The first kappa shape index (κ1) is 15.3. The van der Waals surface area contributed by atoms with Crippen molar-refractivity contribution in [3.63, 3.8) is 0 Å². The van der Waals surface area contributed by atoms with E-state index in [1.807, 2.05) is 37.3 Å². The number of carbonyl (C=O) groups excluding carboxylic acids is 1. The van der Waals surface area contributed by atoms with Crippen molar-refractivity contribution in [3.05, 3.63) is 47.9 Å². The highest BCUT2D eigenvalue weighted by Crippen LogP contribution is 2.31. The summed E-state index contributed by atoms with van der Waals surface area (Å²) < 4.78 is 16.4. The zero-order chi connectivity index (χ0) is 16.4. The number of thiocarbonyl (C=S) groups is 1. The van der Waals surface area contributed by atoms with Crippen LogP contribution in [0.25, 0.3) is 17.4 Å². The topological polar surface area (TPSA) is 51.9 Å². The van der Waals surface area contributed by atoms with E-state index in [1.54, 1.807) is 19.3 Å². The van der Waals surface area contributed by atoms with Crippen molar-refractivity contribution in [1.29, 1.82) is 0 Å². The lowest BCUT2D eigenvalue weighted by Gasteiger charge is -2.06. The van der Waals surface area contributed by atoms with E-state index in [9.17, 15) is 4.79 Å². The molecule has 0 atom stereocenters. The smallest absolute Gasteiger partial charge is 0.297 e. The highest BCUT2D eigenvalue weighted by molar-refractivity contribution is 7.80. The van der Waals surface area contributed by atoms with Crippen LogP contribution in [0.4, 0.5) is 0 Å². The first-order valence-electron chi connectivity index (χ1n) is 7.12. The molecule has 1 aromatic heterocycles. The number of hydrogen-bond acceptors (Lipinski definition) is 5. The van der Waals surface area contributed by atoms with Crippen molar-refractivity contribution >= 4 is 29.4 Å². The van der Waals surface area contributed by atoms with Crippen LogP contribution >= 0.6 is 12.2 Å². The average Bonchev–Trinajstić information content (AvgIpc) is 3.12. The maximum Gasteiger partial charge on any atom is 0.297 e. The van der Waals surface area contributed by atoms with Gasteiger partial charge in [-0.2, -0.15) is 0 Å². The predicted octanol–water partition coefficient (Wildman–Crippen LogP) is 3.46. The Balaban J connectivity index is 1.90. The van der Waals surface area contributed by atoms with Crippen LogP contribution in [0.2, 0.25) is 0 Å². The molecule has 1 amide bonds. The molecule has 0 saturated carbocycles. The summed E-state index contributed by atoms with van der Waals surface area (Å²) in [5.74, 6) is 1.78. The Morgan fingerprint density at radius 2 is 2.04 bits per heavy atom. The summed E-state index contributed by atoms with van der Waals surface area (Å²) in [4.78, 5) is 13.5. The molecule has 1 aromatic carbocycles. The van der Waals surface area contributed by atoms with Gasteiger partial charge in [-0.15, -0.1) is 0 Å². The Labute approximate surface area is 139 Å². The molecular weight excluding hydrogens is 314 g/mol. The van der Waals surface area contributed by atoms with Crippen LogP contribution in [-0.2, 0) is 9.53 Å². The quantitative estimate of drug-likeness (QED) is 0.635. The molecule has 0 bridgehead atoms. The monoisotopic (exact) mass is 329 g/mol. The molecule has 3 rings (SSSR count). The number of likely N-dealkylation sites (N-methyl/N-ethyl adjacent to an activating group) is 1. The third kappa shape index (κ3) is 2.85. The van der Waals surface area contributed by atoms with E-state index in [2.05, 4.69) is 0 Å². The maximum atomic E-state index is 12.1. The second kappa shape index (κ2) is 6.26. The highest BCUT2D eigenvalue weighted by Gasteiger charge is 2.32. The van der Waals surface area contributed by atoms with Crippen LogP contribution < -0.4 is 4.74 Å². The molecule has 1 aliphatic rings. The lowest BCUT2D eigenvalue weighted by atomic mass is 10.1. The van der Waals surface area contributed by atoms with Crippen LogP contribution in [-0.4, -0.2) is 29.6 Å². The van der Waals surface area contributed by atoms with E-state index in [4.69, 9.17) is 26.1 Å². The number of rotatable bonds is 4. The first-order chi connectivity index (χ1) is 11.1. The Morgan fingerprint density at radius 1 is 1.26 bits per heavy atom. The number of ether oxygens (including phenoxy) is 2. The number of hydrogen-bond donors (Lipinski definition) is 0. The summed E-state index contributed by atoms with van der Waals surface area (Å²) >= 11 is 5.02. The van der Waals surface area contributed by atoms with Gasteiger partial charge in [0.05, 0.1) is 12.7 Å². The van der Waals surface area contributed by atoms with Gasteiger partial charge in [-0.3, -0.25) is 9.69 Å². The van der Waals surface area contributed by atoms with Gasteiger partial charge in [-0.25, -0.2) is 0 Å². The number of carbonyl (C=O) groups is 1. The zero-order valence-corrected chi connectivity index (χ0v) is 13.6. The van der Waals surface area contributed by atoms with Gasteiger partial charge in [-0.1, -0.05) is 12.1 Å². The lowest BCUT2D eigenvalue weighted by Crippen LogP contribution is -2.27. The SMILES string of the molecule is CCN1C(=O)/C(=C/c2ccc(-c3ccccc3OC)o2)OC1=S. The van der Waals surface area contributed by atoms with Gasteiger partial charge in [-0.05, 0) is 43.4 Å². The van der Waals surface area contributed by atoms with Crippen LogP contribution in [0.3, 0.4) is 0 Å². The molecule has 0 unspecified atom stereocenters. The Morgan fingerprint density at radius 3 is 2.74 bits per heavy atom. The van der Waals surface area contributed by atoms with Crippen LogP contribution in [0.15, 0.2) is 46.6 Å². The molecule has 1 fully saturated rings. The number of benzene rings is 1. The number of nitrogens with zero attached hydrogens (tertiary/aromatic N) is 1. The molecule has 2 aromatic rings. The summed E-state index contributed by atoms with van der Waals surface area (Å²) in [6, 6.07) is 11.1. The van der Waals surface area contributed by atoms with Crippen molar-refractivity contribution in [2.75, 3.05) is 13.7 Å². The van der Waals surface area contributed by atoms with Gasteiger partial charge in [0.15, 0.2) is 5.76 Å². The predicted molar refractivity (Wildman–Crippen MR) is 89.7 cm³/mol. The molecule has 5 nitrogen and oxygen atoms in total. The van der Waals surface area contributed by atoms with Crippen molar-refractivity contribution < 1.29 is 18.7 Å². The van der Waals surface area contributed by atoms with Gasteiger partial charge >= 0.3 is 0 Å². The van der Waals surface area contributed by atoms with Gasteiger partial charge in [0, 0.05) is 12.6 Å². The maximum absolute atomic E-state index is 12.1. The number of methoxy groups -OCH3 is 1. The van der Waals surface area contributed by atoms with E-state index >= 15 is 0 Å². The number of furan rings is 1. The molecule has 6 heteroatoms. The van der Waals surface area contributed by atoms with Gasteiger partial charge in [0.1, 0.15) is 17.3 Å². The standard InChI is InChI=1S/C17H15NO4S/c1-3-18-16(19)15(22-17(18)23)10-11-8-9-14(21-11)12-6-4-5-7-13(12)20-2/h4-10H,3H2,1-2H3/b15-10-. The fourth-order valence-corrected chi connectivity index (χ4v) is 2.63. The first-order valence-corrected chi connectivity index (χ1v) is 7.53. The summed E-state index contributed by atoms with van der Waals surface area (Å²) in [6.45, 7) is 2.31. The van der Waals surface area contributed by atoms with E-state index < -0.39 is 0 Å². The second-order valence-electron chi connectivity index (χ2n) is 4.83. The molecule has 1 saturated heterocycles. The normalized spacial score (nSPS) is 16.1. The minimum Gasteiger partial charge on any atom is -0.496 e. The summed E-state index contributed by atoms with van der Waals surface area (Å²) in [5.41, 5.74) is 0.837. The van der Waals surface area contributed by atoms with E-state index in [-0.39, 0.29) is 16.8 Å². The third-order valence-corrected chi connectivity index (χ3v) is 3.77. The van der Waals surface area contributed by atoms with Crippen molar-refractivity contribution in [2.24, 2.45) is 0 Å². The summed E-state index contributed by atoms with van der Waals surface area (Å²) in [6.07, 6.45) is 1.54. The van der Waals surface area contributed by atoms with Crippen LogP contribution in [0.5, 0.6) is 5.75 Å². The fourth-order valence-electron chi connectivity index (χ4n) is 2.33. The minimum atomic E-state index is -0.257. The molecule has 1 aliphatic heterocycles. The molecule has 0 radical (unpaired) electrons. The van der Waals surface area contributed by atoms with Gasteiger partial charge in [0.25, 0.3) is 11.1 Å². The van der Waals surface area contributed by atoms with Crippen molar-refractivity contribution in [2.45, 2.75) is 6.92 Å². The molecule has 0 spiro atoms. The fraction of sp³-hybridized carbons (Fsp3) is 0.176. The Hall–Kier alpha value is -2.60. The van der Waals surface area contributed by atoms with Crippen LogP contribution in [0, 0.1) is 0 Å². The lowest BCUT2D eigenvalue weighted by molar-refractivity contribution is -0.122. The molecule has 23 heavy (non-hydrogen) atoms. The largest absolute Gasteiger partial charge is 0.496 e. The summed E-state index contributed by atoms with van der Waals surface area (Å²) in [7, 11) is 1.61. The number of para-hydroxylation sites is 1. The van der Waals surface area contributed by atoms with Crippen molar-refractivity contribution in [3.8, 4) is 17.1 Å². The Bertz CT molecular complexity index is 793. The Kier molecular flexibility index (Phi) is 4.16. The molecule has 0 aliphatic carbocycles. The number of amides is 1. The van der Waals surface area contributed by atoms with Gasteiger partial charge < -0.3 is 13.9 Å². The molecule has 0 N–H and O–H groups in total. The molecular formula is C17H15NO4S. The van der Waals surface area contributed by atoms with Gasteiger partial charge in [0.2, 0.25) is 0 Å². The third-order valence-electron chi connectivity index (χ3n) is 3.46. The molecule has 2 heterocycles. The second-order valence-corrected chi connectivity index (χ2v) is 5.18. The summed E-state index contributed by atoms with van der Waals surface area (Å²) in [5, 5.41) is 0.167. The minimum absolute atomic E-state index is 0.165. The zero-order valence-electron chi connectivity index (χ0n) is 12.7. The van der Waals surface area contributed by atoms with E-state index in [1.165, 1.54) is 4.90 Å². The average molecular weight is 329 g/mol. The van der Waals surface area contributed by atoms with Crippen molar-refractivity contribution in [1.82, 2.24) is 4.90 Å². The molecule has 118 valence electrons. The highest BCUT2D eigenvalue weighted by atomic mass is 32.1. The van der Waals surface area contributed by atoms with E-state index in [0.717, 1.165) is 5.56 Å².